The van der Waals surface area contributed by atoms with Crippen molar-refractivity contribution in [1.29, 1.82) is 0 Å². The Morgan fingerprint density at radius 2 is 1.86 bits per heavy atom. The first-order chi connectivity index (χ1) is 10.5. The second-order valence-electron chi connectivity index (χ2n) is 6.13. The molecular formula is C18H23N3S. The van der Waals surface area contributed by atoms with Crippen molar-refractivity contribution in [3.05, 3.63) is 46.1 Å². The number of aryl methyl sites for hydroxylation is 2. The lowest BCUT2D eigenvalue weighted by Gasteiger charge is -2.09. The molecule has 4 heteroatoms. The molecule has 0 unspecified atom stereocenters. The lowest BCUT2D eigenvalue weighted by Crippen LogP contribution is -2.08. The third-order valence-corrected chi connectivity index (χ3v) is 4.98. The topological polar surface area (TPSA) is 43.3 Å². The first kappa shape index (κ1) is 15.3. The van der Waals surface area contributed by atoms with E-state index in [9.17, 15) is 0 Å². The van der Waals surface area contributed by atoms with Crippen LogP contribution < -0.4 is 5.73 Å². The predicted molar refractivity (Wildman–Crippen MR) is 94.8 cm³/mol. The number of nitrogens with zero attached hydrogens (tertiary/aromatic N) is 2. The summed E-state index contributed by atoms with van der Waals surface area (Å²) in [5, 5.41) is 0. The number of fused-ring (bicyclic) bond motifs is 1. The number of benzene rings is 1. The summed E-state index contributed by atoms with van der Waals surface area (Å²) < 4.78 is 2.33. The molecule has 0 saturated carbocycles. The van der Waals surface area contributed by atoms with Crippen LogP contribution in [0.1, 0.15) is 41.6 Å². The number of hydrogen-bond acceptors (Lipinski definition) is 3. The Hall–Kier alpha value is -1.65. The van der Waals surface area contributed by atoms with Crippen molar-refractivity contribution in [2.45, 2.75) is 40.0 Å². The zero-order chi connectivity index (χ0) is 15.9. The number of rotatable bonds is 4. The van der Waals surface area contributed by atoms with Gasteiger partial charge in [0, 0.05) is 17.0 Å². The summed E-state index contributed by atoms with van der Waals surface area (Å²) >= 11 is 1.77. The lowest BCUT2D eigenvalue weighted by molar-refractivity contribution is 0.792. The van der Waals surface area contributed by atoms with Crippen molar-refractivity contribution < 1.29 is 0 Å². The highest BCUT2D eigenvalue weighted by atomic mass is 32.1. The molecule has 116 valence electrons. The molecule has 0 bridgehead atoms. The third kappa shape index (κ3) is 2.46. The predicted octanol–water partition coefficient (Wildman–Crippen LogP) is 4.30. The Morgan fingerprint density at radius 1 is 1.18 bits per heavy atom. The fourth-order valence-electron chi connectivity index (χ4n) is 2.97. The third-order valence-electron chi connectivity index (χ3n) is 4.03. The van der Waals surface area contributed by atoms with Gasteiger partial charge in [-0.15, -0.1) is 11.3 Å². The van der Waals surface area contributed by atoms with Gasteiger partial charge in [-0.05, 0) is 31.9 Å². The van der Waals surface area contributed by atoms with Gasteiger partial charge in [0.15, 0.2) is 4.96 Å². The minimum atomic E-state index is 0.417. The zero-order valence-electron chi connectivity index (χ0n) is 13.7. The van der Waals surface area contributed by atoms with Crippen LogP contribution in [0.3, 0.4) is 0 Å². The van der Waals surface area contributed by atoms with Crippen LogP contribution in [0.4, 0.5) is 0 Å². The Bertz CT molecular complexity index is 794. The monoisotopic (exact) mass is 313 g/mol. The molecule has 0 fully saturated rings. The lowest BCUT2D eigenvalue weighted by atomic mass is 10.1. The highest BCUT2D eigenvalue weighted by Crippen LogP contribution is 2.35. The SMILES string of the molecule is Cc1ccc(-c2c(C)sc3nc(C(C)C)c(CCN)n23)cc1. The van der Waals surface area contributed by atoms with Crippen molar-refractivity contribution in [3.8, 4) is 11.3 Å². The van der Waals surface area contributed by atoms with Crippen molar-refractivity contribution in [3.63, 3.8) is 0 Å². The average Bonchev–Trinajstić information content (AvgIpc) is 2.96. The van der Waals surface area contributed by atoms with Gasteiger partial charge in [0.25, 0.3) is 0 Å². The Kier molecular flexibility index (Phi) is 4.06. The molecule has 0 spiro atoms. The fourth-order valence-corrected chi connectivity index (χ4v) is 3.99. The molecule has 0 saturated heterocycles. The van der Waals surface area contributed by atoms with Crippen LogP contribution in [0, 0.1) is 13.8 Å². The maximum absolute atomic E-state index is 5.86. The highest BCUT2D eigenvalue weighted by molar-refractivity contribution is 7.17. The van der Waals surface area contributed by atoms with Crippen LogP contribution in [0.15, 0.2) is 24.3 Å². The van der Waals surface area contributed by atoms with E-state index in [-0.39, 0.29) is 0 Å². The van der Waals surface area contributed by atoms with Crippen LogP contribution in [-0.2, 0) is 6.42 Å². The fraction of sp³-hybridized carbons (Fsp3) is 0.389. The molecule has 3 aromatic rings. The molecule has 3 nitrogen and oxygen atoms in total. The van der Waals surface area contributed by atoms with Gasteiger partial charge < -0.3 is 5.73 Å². The van der Waals surface area contributed by atoms with E-state index in [0.717, 1.165) is 11.4 Å². The molecule has 2 N–H and O–H groups in total. The van der Waals surface area contributed by atoms with E-state index >= 15 is 0 Å². The van der Waals surface area contributed by atoms with E-state index < -0.39 is 0 Å². The molecule has 2 aromatic heterocycles. The van der Waals surface area contributed by atoms with Gasteiger partial charge in [-0.2, -0.15) is 0 Å². The maximum Gasteiger partial charge on any atom is 0.194 e. The molecule has 0 amide bonds. The number of imidazole rings is 1. The van der Waals surface area contributed by atoms with Crippen LogP contribution in [0.5, 0.6) is 0 Å². The van der Waals surface area contributed by atoms with E-state index in [2.05, 4.69) is 56.4 Å². The number of hydrogen-bond donors (Lipinski definition) is 1. The highest BCUT2D eigenvalue weighted by Gasteiger charge is 2.21. The smallest absolute Gasteiger partial charge is 0.194 e. The minimum Gasteiger partial charge on any atom is -0.330 e. The summed E-state index contributed by atoms with van der Waals surface area (Å²) in [5.74, 6) is 0.417. The molecule has 2 heterocycles. The van der Waals surface area contributed by atoms with Gasteiger partial charge in [0.2, 0.25) is 0 Å². The number of aromatic nitrogens is 2. The summed E-state index contributed by atoms with van der Waals surface area (Å²) in [6.07, 6.45) is 0.865. The Morgan fingerprint density at radius 3 is 2.45 bits per heavy atom. The van der Waals surface area contributed by atoms with Crippen LogP contribution in [0.25, 0.3) is 16.2 Å². The molecule has 22 heavy (non-hydrogen) atoms. The van der Waals surface area contributed by atoms with Gasteiger partial charge in [0.1, 0.15) is 0 Å². The summed E-state index contributed by atoms with van der Waals surface area (Å²) in [5.41, 5.74) is 12.1. The first-order valence-corrected chi connectivity index (χ1v) is 8.62. The van der Waals surface area contributed by atoms with E-state index in [1.54, 1.807) is 11.3 Å². The zero-order valence-corrected chi connectivity index (χ0v) is 14.5. The van der Waals surface area contributed by atoms with Crippen molar-refractivity contribution in [1.82, 2.24) is 9.38 Å². The number of thiazole rings is 1. The van der Waals surface area contributed by atoms with Crippen molar-refractivity contribution in [2.24, 2.45) is 5.73 Å². The van der Waals surface area contributed by atoms with Gasteiger partial charge in [0.05, 0.1) is 11.4 Å². The molecule has 0 radical (unpaired) electrons. The second kappa shape index (κ2) is 5.86. The Labute approximate surface area is 135 Å². The maximum atomic E-state index is 5.86. The van der Waals surface area contributed by atoms with E-state index in [1.807, 2.05) is 0 Å². The van der Waals surface area contributed by atoms with E-state index in [4.69, 9.17) is 10.7 Å². The summed E-state index contributed by atoms with van der Waals surface area (Å²) in [6.45, 7) is 9.34. The molecular weight excluding hydrogens is 290 g/mol. The van der Waals surface area contributed by atoms with Crippen LogP contribution in [0.2, 0.25) is 0 Å². The normalized spacial score (nSPS) is 11.7. The van der Waals surface area contributed by atoms with Gasteiger partial charge >= 0.3 is 0 Å². The quantitative estimate of drug-likeness (QED) is 0.780. The molecule has 0 atom stereocenters. The van der Waals surface area contributed by atoms with Gasteiger partial charge in [-0.3, -0.25) is 4.40 Å². The number of nitrogens with two attached hydrogens (primary N) is 1. The van der Waals surface area contributed by atoms with Crippen LogP contribution in [-0.4, -0.2) is 15.9 Å². The van der Waals surface area contributed by atoms with Crippen molar-refractivity contribution in [2.75, 3.05) is 6.54 Å². The molecule has 3 rings (SSSR count). The second-order valence-corrected chi connectivity index (χ2v) is 7.31. The minimum absolute atomic E-state index is 0.417. The largest absolute Gasteiger partial charge is 0.330 e. The standard InChI is InChI=1S/C18H23N3S/c1-11(2)16-15(9-10-19)21-17(13(4)22-18(21)20-16)14-7-5-12(3)6-8-14/h5-8,11H,9-10,19H2,1-4H3. The molecule has 0 aliphatic rings. The first-order valence-electron chi connectivity index (χ1n) is 7.80. The summed E-state index contributed by atoms with van der Waals surface area (Å²) in [6, 6.07) is 8.73. The van der Waals surface area contributed by atoms with Gasteiger partial charge in [-0.25, -0.2) is 4.98 Å². The molecule has 0 aliphatic heterocycles. The van der Waals surface area contributed by atoms with E-state index in [1.165, 1.54) is 33.1 Å². The average molecular weight is 313 g/mol. The molecule has 0 aliphatic carbocycles. The van der Waals surface area contributed by atoms with Crippen LogP contribution >= 0.6 is 11.3 Å². The molecule has 1 aromatic carbocycles. The van der Waals surface area contributed by atoms with Crippen molar-refractivity contribution >= 4 is 16.3 Å². The summed E-state index contributed by atoms with van der Waals surface area (Å²) in [7, 11) is 0. The summed E-state index contributed by atoms with van der Waals surface area (Å²) in [4.78, 5) is 7.27. The Balaban J connectivity index is 2.29. The van der Waals surface area contributed by atoms with Gasteiger partial charge in [-0.1, -0.05) is 43.7 Å². The van der Waals surface area contributed by atoms with E-state index in [0.29, 0.717) is 12.5 Å².